The zero-order valence-corrected chi connectivity index (χ0v) is 11.9. The fourth-order valence-corrected chi connectivity index (χ4v) is 4.19. The van der Waals surface area contributed by atoms with Crippen molar-refractivity contribution in [1.29, 1.82) is 0 Å². The summed E-state index contributed by atoms with van der Waals surface area (Å²) in [6.07, 6.45) is 7.09. The topological polar surface area (TPSA) is 18.5 Å². The first-order chi connectivity index (χ1) is 8.84. The molecule has 3 fully saturated rings. The fraction of sp³-hybridized carbons (Fsp3) is 1.00. The fourth-order valence-electron chi connectivity index (χ4n) is 4.19. The summed E-state index contributed by atoms with van der Waals surface area (Å²) in [5.74, 6) is 0.832. The average Bonchev–Trinajstić information content (AvgIpc) is 2.90. The molecule has 0 spiro atoms. The van der Waals surface area contributed by atoms with Crippen molar-refractivity contribution < 1.29 is 0 Å². The second-order valence-corrected chi connectivity index (χ2v) is 6.57. The van der Waals surface area contributed by atoms with Crippen LogP contribution in [-0.2, 0) is 0 Å². The third-order valence-corrected chi connectivity index (χ3v) is 5.31. The number of rotatable bonds is 2. The van der Waals surface area contributed by atoms with Crippen LogP contribution in [0.5, 0.6) is 0 Å². The Balaban J connectivity index is 1.53. The van der Waals surface area contributed by atoms with Gasteiger partial charge >= 0.3 is 0 Å². The molecular weight excluding hydrogens is 222 g/mol. The lowest BCUT2D eigenvalue weighted by Crippen LogP contribution is -2.49. The zero-order valence-electron chi connectivity index (χ0n) is 11.9. The lowest BCUT2D eigenvalue weighted by Gasteiger charge is -2.38. The van der Waals surface area contributed by atoms with Crippen molar-refractivity contribution >= 4 is 0 Å². The molecular formula is C15H29N3. The highest BCUT2D eigenvalue weighted by atomic mass is 15.3. The highest BCUT2D eigenvalue weighted by Crippen LogP contribution is 2.26. The Bertz CT molecular complexity index is 262. The highest BCUT2D eigenvalue weighted by molar-refractivity contribution is 4.91. The first-order valence-corrected chi connectivity index (χ1v) is 8.03. The van der Waals surface area contributed by atoms with Crippen LogP contribution in [-0.4, -0.2) is 61.2 Å². The smallest absolute Gasteiger partial charge is 0.0235 e. The maximum Gasteiger partial charge on any atom is 0.0235 e. The van der Waals surface area contributed by atoms with E-state index in [0.717, 1.165) is 18.0 Å². The van der Waals surface area contributed by atoms with Crippen molar-refractivity contribution in [3.63, 3.8) is 0 Å². The molecule has 0 radical (unpaired) electrons. The summed E-state index contributed by atoms with van der Waals surface area (Å²) >= 11 is 0. The Labute approximate surface area is 112 Å². The van der Waals surface area contributed by atoms with E-state index in [0.29, 0.717) is 0 Å². The maximum atomic E-state index is 3.53. The first kappa shape index (κ1) is 12.9. The number of nitrogens with zero attached hydrogens (tertiary/aromatic N) is 2. The van der Waals surface area contributed by atoms with E-state index >= 15 is 0 Å². The van der Waals surface area contributed by atoms with Crippen LogP contribution in [0.3, 0.4) is 0 Å². The quantitative estimate of drug-likeness (QED) is 0.803. The monoisotopic (exact) mass is 251 g/mol. The van der Waals surface area contributed by atoms with Gasteiger partial charge in [-0.1, -0.05) is 13.3 Å². The SMILES string of the molecule is CC1CNCCC1N1CCC(N2CCCCC2)C1. The maximum absolute atomic E-state index is 3.53. The van der Waals surface area contributed by atoms with Crippen LogP contribution in [0.4, 0.5) is 0 Å². The second-order valence-electron chi connectivity index (χ2n) is 6.57. The van der Waals surface area contributed by atoms with E-state index in [-0.39, 0.29) is 0 Å². The van der Waals surface area contributed by atoms with Gasteiger partial charge in [-0.2, -0.15) is 0 Å². The third kappa shape index (κ3) is 2.73. The molecule has 3 rings (SSSR count). The minimum absolute atomic E-state index is 0.832. The van der Waals surface area contributed by atoms with E-state index in [1.54, 1.807) is 0 Å². The molecule has 3 unspecified atom stereocenters. The molecule has 18 heavy (non-hydrogen) atoms. The molecule has 3 atom stereocenters. The minimum Gasteiger partial charge on any atom is -0.316 e. The molecule has 0 aromatic carbocycles. The van der Waals surface area contributed by atoms with Crippen molar-refractivity contribution in [3.05, 3.63) is 0 Å². The molecule has 1 N–H and O–H groups in total. The summed E-state index contributed by atoms with van der Waals surface area (Å²) in [5.41, 5.74) is 0. The van der Waals surface area contributed by atoms with E-state index in [1.165, 1.54) is 71.4 Å². The van der Waals surface area contributed by atoms with Gasteiger partial charge in [0.2, 0.25) is 0 Å². The Hall–Kier alpha value is -0.120. The predicted molar refractivity (Wildman–Crippen MR) is 75.8 cm³/mol. The lowest BCUT2D eigenvalue weighted by atomic mass is 9.94. The summed E-state index contributed by atoms with van der Waals surface area (Å²) in [5, 5.41) is 3.53. The number of nitrogens with one attached hydrogen (secondary N) is 1. The number of piperidine rings is 2. The number of hydrogen-bond acceptors (Lipinski definition) is 3. The second kappa shape index (κ2) is 5.89. The molecule has 0 bridgehead atoms. The molecule has 0 saturated carbocycles. The minimum atomic E-state index is 0.832. The van der Waals surface area contributed by atoms with Crippen molar-refractivity contribution in [2.24, 2.45) is 5.92 Å². The average molecular weight is 251 g/mol. The van der Waals surface area contributed by atoms with Gasteiger partial charge in [-0.3, -0.25) is 9.80 Å². The van der Waals surface area contributed by atoms with E-state index in [2.05, 4.69) is 22.0 Å². The molecule has 104 valence electrons. The van der Waals surface area contributed by atoms with Crippen LogP contribution in [0.2, 0.25) is 0 Å². The highest BCUT2D eigenvalue weighted by Gasteiger charge is 2.34. The molecule has 3 aliphatic rings. The van der Waals surface area contributed by atoms with Crippen molar-refractivity contribution in [3.8, 4) is 0 Å². The predicted octanol–water partition coefficient (Wildman–Crippen LogP) is 1.54. The summed E-state index contributed by atoms with van der Waals surface area (Å²) in [4.78, 5) is 5.57. The standard InChI is InChI=1S/C15H29N3/c1-13-11-16-7-5-15(13)18-10-6-14(12-18)17-8-3-2-4-9-17/h13-16H,2-12H2,1H3. The van der Waals surface area contributed by atoms with E-state index in [4.69, 9.17) is 0 Å². The summed E-state index contributed by atoms with van der Waals surface area (Å²) < 4.78 is 0. The molecule has 3 heteroatoms. The molecule has 0 amide bonds. The van der Waals surface area contributed by atoms with Crippen LogP contribution >= 0.6 is 0 Å². The Morgan fingerprint density at radius 2 is 1.78 bits per heavy atom. The third-order valence-electron chi connectivity index (χ3n) is 5.31. The summed E-state index contributed by atoms with van der Waals surface area (Å²) in [7, 11) is 0. The molecule has 3 heterocycles. The van der Waals surface area contributed by atoms with Gasteiger partial charge in [-0.05, 0) is 57.8 Å². The summed E-state index contributed by atoms with van der Waals surface area (Å²) in [6.45, 7) is 10.3. The summed E-state index contributed by atoms with van der Waals surface area (Å²) in [6, 6.07) is 1.72. The first-order valence-electron chi connectivity index (χ1n) is 8.03. The molecule has 3 nitrogen and oxygen atoms in total. The molecule has 3 aliphatic heterocycles. The van der Waals surface area contributed by atoms with Gasteiger partial charge < -0.3 is 5.32 Å². The van der Waals surface area contributed by atoms with Crippen LogP contribution in [0, 0.1) is 5.92 Å². The molecule has 0 aromatic heterocycles. The van der Waals surface area contributed by atoms with Gasteiger partial charge in [0.15, 0.2) is 0 Å². The van der Waals surface area contributed by atoms with Gasteiger partial charge in [0.05, 0.1) is 0 Å². The number of likely N-dealkylation sites (tertiary alicyclic amines) is 2. The Morgan fingerprint density at radius 3 is 2.56 bits per heavy atom. The molecule has 0 aromatic rings. The largest absolute Gasteiger partial charge is 0.316 e. The van der Waals surface area contributed by atoms with Gasteiger partial charge in [-0.25, -0.2) is 0 Å². The zero-order chi connectivity index (χ0) is 12.4. The van der Waals surface area contributed by atoms with Gasteiger partial charge in [0, 0.05) is 25.2 Å². The molecule has 0 aliphatic carbocycles. The van der Waals surface area contributed by atoms with Crippen molar-refractivity contribution in [2.75, 3.05) is 39.3 Å². The van der Waals surface area contributed by atoms with E-state index in [1.807, 2.05) is 0 Å². The Kier molecular flexibility index (Phi) is 4.22. The van der Waals surface area contributed by atoms with Crippen molar-refractivity contribution in [1.82, 2.24) is 15.1 Å². The van der Waals surface area contributed by atoms with Crippen LogP contribution < -0.4 is 5.32 Å². The normalized spacial score (nSPS) is 40.2. The van der Waals surface area contributed by atoms with Crippen LogP contribution in [0.15, 0.2) is 0 Å². The van der Waals surface area contributed by atoms with Gasteiger partial charge in [-0.15, -0.1) is 0 Å². The van der Waals surface area contributed by atoms with Gasteiger partial charge in [0.1, 0.15) is 0 Å². The van der Waals surface area contributed by atoms with Crippen LogP contribution in [0.1, 0.15) is 39.0 Å². The van der Waals surface area contributed by atoms with Crippen LogP contribution in [0.25, 0.3) is 0 Å². The Morgan fingerprint density at radius 1 is 0.944 bits per heavy atom. The molecule has 3 saturated heterocycles. The van der Waals surface area contributed by atoms with E-state index < -0.39 is 0 Å². The van der Waals surface area contributed by atoms with Crippen molar-refractivity contribution in [2.45, 2.75) is 51.1 Å². The number of hydrogen-bond donors (Lipinski definition) is 1. The van der Waals surface area contributed by atoms with E-state index in [9.17, 15) is 0 Å². The lowest BCUT2D eigenvalue weighted by molar-refractivity contribution is 0.120. The van der Waals surface area contributed by atoms with Gasteiger partial charge in [0.25, 0.3) is 0 Å².